The fraction of sp³-hybridized carbons (Fsp3) is 0.158. The molecule has 0 amide bonds. The van der Waals surface area contributed by atoms with E-state index in [-0.39, 0.29) is 0 Å². The van der Waals surface area contributed by atoms with Crippen LogP contribution in [0.5, 0.6) is 0 Å². The highest BCUT2D eigenvalue weighted by Gasteiger charge is 2.23. The van der Waals surface area contributed by atoms with E-state index in [1.807, 2.05) is 0 Å². The molecule has 2 aromatic carbocycles. The standard InChI is InChI=1S/C19H16/c1-13-9-10-15(11-13)17-7-4-8-18-16-6-3-2-5-14(16)12-19(17)18/h2-11,15H,12H2,1H3. The second kappa shape index (κ2) is 3.96. The van der Waals surface area contributed by atoms with Crippen molar-refractivity contribution in [3.05, 3.63) is 83.0 Å². The van der Waals surface area contributed by atoms with Crippen LogP contribution in [0.3, 0.4) is 0 Å². The predicted octanol–water partition coefficient (Wildman–Crippen LogP) is 4.86. The number of hydrogen-bond donors (Lipinski definition) is 0. The Morgan fingerprint density at radius 1 is 0.947 bits per heavy atom. The maximum atomic E-state index is 2.36. The summed E-state index contributed by atoms with van der Waals surface area (Å²) in [6.07, 6.45) is 7.98. The summed E-state index contributed by atoms with van der Waals surface area (Å²) < 4.78 is 0. The van der Waals surface area contributed by atoms with Gasteiger partial charge >= 0.3 is 0 Å². The largest absolute Gasteiger partial charge is 0.0730 e. The van der Waals surface area contributed by atoms with Crippen LogP contribution in [0, 0.1) is 0 Å². The molecular weight excluding hydrogens is 228 g/mol. The molecule has 0 heterocycles. The molecule has 0 aromatic heterocycles. The summed E-state index contributed by atoms with van der Waals surface area (Å²) in [5, 5.41) is 0. The van der Waals surface area contributed by atoms with Gasteiger partial charge in [0, 0.05) is 5.92 Å². The first-order valence-electron chi connectivity index (χ1n) is 6.89. The van der Waals surface area contributed by atoms with E-state index in [2.05, 4.69) is 67.6 Å². The molecule has 1 atom stereocenters. The zero-order valence-corrected chi connectivity index (χ0v) is 11.1. The van der Waals surface area contributed by atoms with Gasteiger partial charge in [0.15, 0.2) is 0 Å². The Morgan fingerprint density at radius 2 is 1.79 bits per heavy atom. The smallest absolute Gasteiger partial charge is 0.0210 e. The topological polar surface area (TPSA) is 0 Å². The van der Waals surface area contributed by atoms with Crippen LogP contribution in [0.1, 0.15) is 29.5 Å². The maximum absolute atomic E-state index is 2.36. The van der Waals surface area contributed by atoms with Crippen molar-refractivity contribution in [2.45, 2.75) is 19.3 Å². The van der Waals surface area contributed by atoms with E-state index in [0.29, 0.717) is 5.92 Å². The van der Waals surface area contributed by atoms with Crippen molar-refractivity contribution in [2.75, 3.05) is 0 Å². The highest BCUT2D eigenvalue weighted by molar-refractivity contribution is 5.78. The Kier molecular flexibility index (Phi) is 2.25. The molecule has 2 aliphatic carbocycles. The van der Waals surface area contributed by atoms with Crippen LogP contribution in [-0.4, -0.2) is 0 Å². The second-order valence-corrected chi connectivity index (χ2v) is 5.50. The monoisotopic (exact) mass is 244 g/mol. The van der Waals surface area contributed by atoms with Crippen molar-refractivity contribution in [1.82, 2.24) is 0 Å². The maximum Gasteiger partial charge on any atom is 0.0210 e. The van der Waals surface area contributed by atoms with Crippen molar-refractivity contribution in [3.63, 3.8) is 0 Å². The Bertz CT molecular complexity index is 717. The Labute approximate surface area is 114 Å². The number of rotatable bonds is 1. The Hall–Kier alpha value is -2.08. The van der Waals surface area contributed by atoms with Gasteiger partial charge in [0.25, 0.3) is 0 Å². The molecule has 0 heteroatoms. The molecule has 2 aromatic rings. The van der Waals surface area contributed by atoms with Gasteiger partial charge in [0.2, 0.25) is 0 Å². The van der Waals surface area contributed by atoms with Gasteiger partial charge in [-0.25, -0.2) is 0 Å². The lowest BCUT2D eigenvalue weighted by Crippen LogP contribution is -1.96. The first-order valence-corrected chi connectivity index (χ1v) is 6.89. The average molecular weight is 244 g/mol. The molecular formula is C19H16. The summed E-state index contributed by atoms with van der Waals surface area (Å²) in [4.78, 5) is 0. The number of fused-ring (bicyclic) bond motifs is 3. The van der Waals surface area contributed by atoms with Gasteiger partial charge in [-0.15, -0.1) is 0 Å². The minimum absolute atomic E-state index is 0.462. The minimum atomic E-state index is 0.462. The average Bonchev–Trinajstić information content (AvgIpc) is 3.02. The van der Waals surface area contributed by atoms with Crippen LogP contribution >= 0.6 is 0 Å². The molecule has 0 aliphatic heterocycles. The zero-order chi connectivity index (χ0) is 12.8. The van der Waals surface area contributed by atoms with Gasteiger partial charge in [0.05, 0.1) is 0 Å². The first-order chi connectivity index (χ1) is 9.33. The number of allylic oxidation sites excluding steroid dienone is 4. The first kappa shape index (κ1) is 10.8. The van der Waals surface area contributed by atoms with Crippen molar-refractivity contribution >= 4 is 0 Å². The molecule has 1 unspecified atom stereocenters. The number of hydrogen-bond acceptors (Lipinski definition) is 0. The third kappa shape index (κ3) is 1.60. The lowest BCUT2D eigenvalue weighted by Gasteiger charge is -2.12. The van der Waals surface area contributed by atoms with Gasteiger partial charge in [-0.1, -0.05) is 66.3 Å². The van der Waals surface area contributed by atoms with Gasteiger partial charge in [-0.3, -0.25) is 0 Å². The van der Waals surface area contributed by atoms with Crippen molar-refractivity contribution in [2.24, 2.45) is 0 Å². The van der Waals surface area contributed by atoms with Gasteiger partial charge < -0.3 is 0 Å². The van der Waals surface area contributed by atoms with Crippen LogP contribution in [0.2, 0.25) is 0 Å². The van der Waals surface area contributed by atoms with Crippen molar-refractivity contribution < 1.29 is 0 Å². The molecule has 0 bridgehead atoms. The number of benzene rings is 2. The summed E-state index contributed by atoms with van der Waals surface area (Å²) in [5.41, 5.74) is 8.68. The van der Waals surface area contributed by atoms with E-state index < -0.39 is 0 Å². The summed E-state index contributed by atoms with van der Waals surface area (Å²) in [6, 6.07) is 15.5. The summed E-state index contributed by atoms with van der Waals surface area (Å²) in [5.74, 6) is 0.462. The lowest BCUT2D eigenvalue weighted by molar-refractivity contribution is 1.05. The quantitative estimate of drug-likeness (QED) is 0.573. The van der Waals surface area contributed by atoms with Crippen LogP contribution in [0.4, 0.5) is 0 Å². The third-order valence-electron chi connectivity index (χ3n) is 4.26. The molecule has 0 nitrogen and oxygen atoms in total. The third-order valence-corrected chi connectivity index (χ3v) is 4.26. The van der Waals surface area contributed by atoms with Gasteiger partial charge in [0.1, 0.15) is 0 Å². The van der Waals surface area contributed by atoms with Crippen molar-refractivity contribution in [1.29, 1.82) is 0 Å². The lowest BCUT2D eigenvalue weighted by atomic mass is 9.92. The predicted molar refractivity (Wildman–Crippen MR) is 80.3 cm³/mol. The van der Waals surface area contributed by atoms with Gasteiger partial charge in [-0.2, -0.15) is 0 Å². The summed E-state index contributed by atoms with van der Waals surface area (Å²) in [7, 11) is 0. The zero-order valence-electron chi connectivity index (χ0n) is 11.1. The fourth-order valence-electron chi connectivity index (χ4n) is 3.34. The molecule has 19 heavy (non-hydrogen) atoms. The Balaban J connectivity index is 1.88. The van der Waals surface area contributed by atoms with Crippen LogP contribution in [0.15, 0.2) is 66.3 Å². The normalized spacial score (nSPS) is 19.2. The molecule has 4 rings (SSSR count). The molecule has 92 valence electrons. The van der Waals surface area contributed by atoms with E-state index in [4.69, 9.17) is 0 Å². The molecule has 0 saturated carbocycles. The van der Waals surface area contributed by atoms with Crippen LogP contribution < -0.4 is 0 Å². The molecule has 2 aliphatic rings. The Morgan fingerprint density at radius 3 is 2.63 bits per heavy atom. The fourth-order valence-corrected chi connectivity index (χ4v) is 3.34. The summed E-state index contributed by atoms with van der Waals surface area (Å²) in [6.45, 7) is 2.18. The van der Waals surface area contributed by atoms with Crippen LogP contribution in [-0.2, 0) is 6.42 Å². The highest BCUT2D eigenvalue weighted by Crippen LogP contribution is 2.41. The molecule has 0 fully saturated rings. The minimum Gasteiger partial charge on any atom is -0.0730 e. The molecule has 0 N–H and O–H groups in total. The summed E-state index contributed by atoms with van der Waals surface area (Å²) >= 11 is 0. The SMILES string of the molecule is CC1=CC(c2cccc3c2Cc2ccccc2-3)C=C1. The molecule has 0 spiro atoms. The molecule has 0 radical (unpaired) electrons. The highest BCUT2D eigenvalue weighted by atomic mass is 14.3. The van der Waals surface area contributed by atoms with E-state index in [0.717, 1.165) is 6.42 Å². The van der Waals surface area contributed by atoms with E-state index in [1.165, 1.54) is 33.4 Å². The second-order valence-electron chi connectivity index (χ2n) is 5.50. The molecule has 0 saturated heterocycles. The van der Waals surface area contributed by atoms with E-state index >= 15 is 0 Å². The van der Waals surface area contributed by atoms with Crippen molar-refractivity contribution in [3.8, 4) is 11.1 Å². The van der Waals surface area contributed by atoms with E-state index in [1.54, 1.807) is 0 Å². The van der Waals surface area contributed by atoms with Crippen LogP contribution in [0.25, 0.3) is 11.1 Å². The van der Waals surface area contributed by atoms with E-state index in [9.17, 15) is 0 Å². The van der Waals surface area contributed by atoms with Gasteiger partial charge in [-0.05, 0) is 41.2 Å².